The van der Waals surface area contributed by atoms with Crippen LogP contribution < -0.4 is 10.2 Å². The third kappa shape index (κ3) is 3.73. The van der Waals surface area contributed by atoms with E-state index < -0.39 is 0 Å². The molecule has 1 N–H and O–H groups in total. The third-order valence-electron chi connectivity index (χ3n) is 3.05. The number of nitrogens with one attached hydrogen (secondary N) is 1. The number of carbonyl (C=O) groups is 1. The summed E-state index contributed by atoms with van der Waals surface area (Å²) in [5, 5.41) is 3.51. The van der Waals surface area contributed by atoms with Gasteiger partial charge in [0.15, 0.2) is 0 Å². The Balaban J connectivity index is 2.25. The van der Waals surface area contributed by atoms with Gasteiger partial charge in [-0.25, -0.2) is 4.98 Å². The SMILES string of the molecule is CCCNc1ccc(Cl)c(C(=O)N(C)c2ccccc2)n1. The van der Waals surface area contributed by atoms with Gasteiger partial charge in [0, 0.05) is 19.3 Å². The number of hydrogen-bond donors (Lipinski definition) is 1. The van der Waals surface area contributed by atoms with Crippen LogP contribution in [0.3, 0.4) is 0 Å². The summed E-state index contributed by atoms with van der Waals surface area (Å²) in [6.45, 7) is 2.87. The van der Waals surface area contributed by atoms with E-state index in [4.69, 9.17) is 11.6 Å². The molecule has 0 fully saturated rings. The first kappa shape index (κ1) is 15.3. The maximum Gasteiger partial charge on any atom is 0.278 e. The van der Waals surface area contributed by atoms with Gasteiger partial charge < -0.3 is 10.2 Å². The second kappa shape index (κ2) is 7.09. The van der Waals surface area contributed by atoms with Crippen molar-refractivity contribution in [3.8, 4) is 0 Å². The Hall–Kier alpha value is -2.07. The highest BCUT2D eigenvalue weighted by Crippen LogP contribution is 2.21. The lowest BCUT2D eigenvalue weighted by molar-refractivity contribution is 0.0988. The molecule has 0 aliphatic carbocycles. The van der Waals surface area contributed by atoms with Crippen LogP contribution in [-0.2, 0) is 0 Å². The summed E-state index contributed by atoms with van der Waals surface area (Å²) in [5.74, 6) is 0.428. The molecule has 0 saturated heterocycles. The van der Waals surface area contributed by atoms with Crippen LogP contribution in [0.5, 0.6) is 0 Å². The molecule has 0 radical (unpaired) electrons. The zero-order valence-electron chi connectivity index (χ0n) is 12.1. The summed E-state index contributed by atoms with van der Waals surface area (Å²) in [6.07, 6.45) is 0.984. The number of pyridine rings is 1. The normalized spacial score (nSPS) is 10.2. The van der Waals surface area contributed by atoms with Crippen LogP contribution in [-0.4, -0.2) is 24.5 Å². The van der Waals surface area contributed by atoms with Crippen molar-refractivity contribution in [1.82, 2.24) is 4.98 Å². The monoisotopic (exact) mass is 303 g/mol. The van der Waals surface area contributed by atoms with Crippen LogP contribution in [0.15, 0.2) is 42.5 Å². The van der Waals surface area contributed by atoms with Crippen molar-refractivity contribution >= 4 is 29.0 Å². The highest BCUT2D eigenvalue weighted by molar-refractivity contribution is 6.34. The number of para-hydroxylation sites is 1. The van der Waals surface area contributed by atoms with E-state index in [1.165, 1.54) is 4.90 Å². The number of carbonyl (C=O) groups excluding carboxylic acids is 1. The molecule has 5 heteroatoms. The number of amides is 1. The minimum atomic E-state index is -0.230. The van der Waals surface area contributed by atoms with E-state index in [2.05, 4.69) is 17.2 Å². The molecule has 0 aliphatic heterocycles. The summed E-state index contributed by atoms with van der Waals surface area (Å²) in [7, 11) is 1.71. The van der Waals surface area contributed by atoms with Crippen molar-refractivity contribution in [2.75, 3.05) is 23.8 Å². The van der Waals surface area contributed by atoms with E-state index in [1.807, 2.05) is 30.3 Å². The minimum absolute atomic E-state index is 0.230. The van der Waals surface area contributed by atoms with Gasteiger partial charge in [-0.15, -0.1) is 0 Å². The molecular weight excluding hydrogens is 286 g/mol. The average Bonchev–Trinajstić information content (AvgIpc) is 2.53. The largest absolute Gasteiger partial charge is 0.370 e. The van der Waals surface area contributed by atoms with E-state index in [1.54, 1.807) is 19.2 Å². The van der Waals surface area contributed by atoms with Crippen molar-refractivity contribution in [3.63, 3.8) is 0 Å². The molecule has 0 saturated carbocycles. The molecule has 4 nitrogen and oxygen atoms in total. The topological polar surface area (TPSA) is 45.2 Å². The molecule has 0 atom stereocenters. The predicted molar refractivity (Wildman–Crippen MR) is 87.2 cm³/mol. The number of halogens is 1. The lowest BCUT2D eigenvalue weighted by Crippen LogP contribution is -2.27. The number of rotatable bonds is 5. The van der Waals surface area contributed by atoms with E-state index in [0.29, 0.717) is 10.8 Å². The van der Waals surface area contributed by atoms with E-state index in [9.17, 15) is 4.79 Å². The minimum Gasteiger partial charge on any atom is -0.370 e. The summed E-state index contributed by atoms with van der Waals surface area (Å²) in [5.41, 5.74) is 1.05. The van der Waals surface area contributed by atoms with Gasteiger partial charge in [0.2, 0.25) is 0 Å². The van der Waals surface area contributed by atoms with Crippen LogP contribution >= 0.6 is 11.6 Å². The van der Waals surface area contributed by atoms with Crippen molar-refractivity contribution in [3.05, 3.63) is 53.2 Å². The highest BCUT2D eigenvalue weighted by atomic mass is 35.5. The second-order valence-electron chi connectivity index (χ2n) is 4.65. The zero-order valence-corrected chi connectivity index (χ0v) is 12.9. The van der Waals surface area contributed by atoms with Gasteiger partial charge in [-0.05, 0) is 30.7 Å². The third-order valence-corrected chi connectivity index (χ3v) is 3.36. The second-order valence-corrected chi connectivity index (χ2v) is 5.06. The molecule has 21 heavy (non-hydrogen) atoms. The van der Waals surface area contributed by atoms with Crippen LogP contribution in [0.1, 0.15) is 23.8 Å². The number of benzene rings is 1. The molecule has 1 heterocycles. The molecule has 1 aromatic heterocycles. The molecule has 2 rings (SSSR count). The lowest BCUT2D eigenvalue weighted by Gasteiger charge is -2.18. The summed E-state index contributed by atoms with van der Waals surface area (Å²) >= 11 is 6.12. The van der Waals surface area contributed by atoms with Gasteiger partial charge >= 0.3 is 0 Å². The van der Waals surface area contributed by atoms with Crippen molar-refractivity contribution < 1.29 is 4.79 Å². The Kier molecular flexibility index (Phi) is 5.17. The number of anilines is 2. The van der Waals surface area contributed by atoms with Gasteiger partial charge in [-0.2, -0.15) is 0 Å². The Morgan fingerprint density at radius 1 is 1.24 bits per heavy atom. The molecule has 2 aromatic rings. The van der Waals surface area contributed by atoms with Crippen LogP contribution in [0.25, 0.3) is 0 Å². The molecule has 0 spiro atoms. The van der Waals surface area contributed by atoms with E-state index in [-0.39, 0.29) is 11.6 Å². The number of nitrogens with zero attached hydrogens (tertiary/aromatic N) is 2. The van der Waals surface area contributed by atoms with Crippen molar-refractivity contribution in [2.45, 2.75) is 13.3 Å². The van der Waals surface area contributed by atoms with Crippen molar-refractivity contribution in [2.24, 2.45) is 0 Å². The van der Waals surface area contributed by atoms with Crippen LogP contribution in [0.2, 0.25) is 5.02 Å². The number of hydrogen-bond acceptors (Lipinski definition) is 3. The lowest BCUT2D eigenvalue weighted by atomic mass is 10.2. The molecule has 0 unspecified atom stereocenters. The first-order valence-corrected chi connectivity index (χ1v) is 7.24. The summed E-state index contributed by atoms with van der Waals surface area (Å²) in [4.78, 5) is 18.4. The Morgan fingerprint density at radius 2 is 1.95 bits per heavy atom. The molecule has 1 amide bonds. The van der Waals surface area contributed by atoms with Crippen LogP contribution in [0, 0.1) is 0 Å². The fourth-order valence-electron chi connectivity index (χ4n) is 1.87. The Bertz CT molecular complexity index is 616. The Labute approximate surface area is 129 Å². The highest BCUT2D eigenvalue weighted by Gasteiger charge is 2.18. The molecular formula is C16H18ClN3O. The first-order valence-electron chi connectivity index (χ1n) is 6.87. The Morgan fingerprint density at radius 3 is 2.62 bits per heavy atom. The summed E-state index contributed by atoms with van der Waals surface area (Å²) < 4.78 is 0. The van der Waals surface area contributed by atoms with Gasteiger partial charge in [0.05, 0.1) is 5.02 Å². The molecule has 0 bridgehead atoms. The predicted octanol–water partition coefficient (Wildman–Crippen LogP) is 3.83. The first-order chi connectivity index (χ1) is 10.1. The quantitative estimate of drug-likeness (QED) is 0.913. The van der Waals surface area contributed by atoms with Crippen LogP contribution in [0.4, 0.5) is 11.5 Å². The molecule has 110 valence electrons. The smallest absolute Gasteiger partial charge is 0.278 e. The van der Waals surface area contributed by atoms with Gasteiger partial charge in [-0.1, -0.05) is 36.7 Å². The molecule has 1 aromatic carbocycles. The van der Waals surface area contributed by atoms with Gasteiger partial charge in [-0.3, -0.25) is 4.79 Å². The zero-order chi connectivity index (χ0) is 15.2. The van der Waals surface area contributed by atoms with Gasteiger partial charge in [0.25, 0.3) is 5.91 Å². The maximum atomic E-state index is 12.5. The van der Waals surface area contributed by atoms with E-state index >= 15 is 0 Å². The summed E-state index contributed by atoms with van der Waals surface area (Å²) in [6, 6.07) is 12.9. The van der Waals surface area contributed by atoms with Crippen molar-refractivity contribution in [1.29, 1.82) is 0 Å². The average molecular weight is 304 g/mol. The van der Waals surface area contributed by atoms with Gasteiger partial charge in [0.1, 0.15) is 11.5 Å². The number of aromatic nitrogens is 1. The molecule has 0 aliphatic rings. The fourth-order valence-corrected chi connectivity index (χ4v) is 2.06. The van der Waals surface area contributed by atoms with E-state index in [0.717, 1.165) is 18.7 Å². The fraction of sp³-hybridized carbons (Fsp3) is 0.250. The maximum absolute atomic E-state index is 12.5. The standard InChI is InChI=1S/C16H18ClN3O/c1-3-11-18-14-10-9-13(17)15(19-14)16(21)20(2)12-7-5-4-6-8-12/h4-10H,3,11H2,1-2H3,(H,18,19).